The maximum atomic E-state index is 12.3. The minimum atomic E-state index is -3.31. The summed E-state index contributed by atoms with van der Waals surface area (Å²) in [5, 5.41) is 0. The summed E-state index contributed by atoms with van der Waals surface area (Å²) in [5.74, 6) is 0. The Morgan fingerprint density at radius 3 is 2.32 bits per heavy atom. The van der Waals surface area contributed by atoms with Crippen molar-refractivity contribution in [3.8, 4) is 0 Å². The molecule has 7 heteroatoms. The van der Waals surface area contributed by atoms with Crippen molar-refractivity contribution in [1.29, 1.82) is 0 Å². The molecule has 2 aliphatic rings. The fraction of sp³-hybridized carbons (Fsp3) is 1.00. The van der Waals surface area contributed by atoms with Crippen molar-refractivity contribution in [1.82, 2.24) is 9.03 Å². The van der Waals surface area contributed by atoms with Crippen LogP contribution in [-0.4, -0.2) is 37.4 Å². The van der Waals surface area contributed by atoms with Crippen LogP contribution in [0.2, 0.25) is 0 Å². The molecule has 1 atom stereocenters. The van der Waals surface area contributed by atoms with E-state index in [1.165, 1.54) is 0 Å². The second-order valence-corrected chi connectivity index (χ2v) is 7.34. The Bertz CT molecular complexity index is 369. The van der Waals surface area contributed by atoms with E-state index in [9.17, 15) is 8.42 Å². The molecule has 1 saturated carbocycles. The average molecular weight is 312 g/mol. The molecule has 1 aliphatic carbocycles. The lowest BCUT2D eigenvalue weighted by molar-refractivity contribution is 0.260. The lowest BCUT2D eigenvalue weighted by Gasteiger charge is -2.35. The highest BCUT2D eigenvalue weighted by molar-refractivity contribution is 7.87. The number of rotatable bonds is 3. The van der Waals surface area contributed by atoms with E-state index in [1.54, 1.807) is 4.31 Å². The number of nitrogens with one attached hydrogen (secondary N) is 1. The van der Waals surface area contributed by atoms with Gasteiger partial charge in [-0.25, -0.2) is 0 Å². The van der Waals surface area contributed by atoms with Crippen LogP contribution < -0.4 is 10.5 Å². The first kappa shape index (κ1) is 17.2. The molecule has 0 amide bonds. The molecule has 0 radical (unpaired) electrons. The molecular formula is C12H26ClN3O2S. The van der Waals surface area contributed by atoms with Crippen LogP contribution in [-0.2, 0) is 10.2 Å². The van der Waals surface area contributed by atoms with E-state index in [1.807, 2.05) is 6.92 Å². The van der Waals surface area contributed by atoms with Gasteiger partial charge in [0, 0.05) is 24.7 Å². The molecule has 0 spiro atoms. The SMILES string of the molecule is CC1CCCCN1S(=O)(=O)NC1CCC(N)CC1.Cl. The summed E-state index contributed by atoms with van der Waals surface area (Å²) in [4.78, 5) is 0. The Hall–Kier alpha value is 0.120. The van der Waals surface area contributed by atoms with Crippen molar-refractivity contribution in [2.75, 3.05) is 6.54 Å². The van der Waals surface area contributed by atoms with E-state index < -0.39 is 10.2 Å². The molecule has 0 bridgehead atoms. The van der Waals surface area contributed by atoms with Gasteiger partial charge in [0.1, 0.15) is 0 Å². The third-order valence-electron chi connectivity index (χ3n) is 4.14. The lowest BCUT2D eigenvalue weighted by Crippen LogP contribution is -2.51. The fourth-order valence-corrected chi connectivity index (χ4v) is 4.69. The minimum Gasteiger partial charge on any atom is -0.328 e. The summed E-state index contributed by atoms with van der Waals surface area (Å²) in [7, 11) is -3.31. The summed E-state index contributed by atoms with van der Waals surface area (Å²) in [6, 6.07) is 0.450. The van der Waals surface area contributed by atoms with Crippen molar-refractivity contribution >= 4 is 22.6 Å². The predicted molar refractivity (Wildman–Crippen MR) is 79.6 cm³/mol. The van der Waals surface area contributed by atoms with Gasteiger partial charge in [-0.2, -0.15) is 17.4 Å². The molecule has 2 rings (SSSR count). The van der Waals surface area contributed by atoms with E-state index in [2.05, 4.69) is 4.72 Å². The number of piperidine rings is 1. The van der Waals surface area contributed by atoms with Gasteiger partial charge in [0.05, 0.1) is 0 Å². The lowest BCUT2D eigenvalue weighted by atomic mass is 9.93. The van der Waals surface area contributed by atoms with E-state index in [4.69, 9.17) is 5.73 Å². The van der Waals surface area contributed by atoms with Crippen LogP contribution in [0.5, 0.6) is 0 Å². The molecule has 0 aromatic rings. The van der Waals surface area contributed by atoms with Gasteiger partial charge in [-0.15, -0.1) is 12.4 Å². The second kappa shape index (κ2) is 7.22. The first-order chi connectivity index (χ1) is 8.49. The number of hydrogen-bond donors (Lipinski definition) is 2. The molecule has 1 unspecified atom stereocenters. The zero-order valence-corrected chi connectivity index (χ0v) is 13.2. The van der Waals surface area contributed by atoms with Gasteiger partial charge < -0.3 is 5.73 Å². The van der Waals surface area contributed by atoms with Crippen LogP contribution in [0.1, 0.15) is 51.9 Å². The smallest absolute Gasteiger partial charge is 0.279 e. The Kier molecular flexibility index (Phi) is 6.53. The predicted octanol–water partition coefficient (Wildman–Crippen LogP) is 1.39. The van der Waals surface area contributed by atoms with Gasteiger partial charge in [0.25, 0.3) is 10.2 Å². The first-order valence-corrected chi connectivity index (χ1v) is 8.48. The summed E-state index contributed by atoms with van der Waals surface area (Å²) in [6.07, 6.45) is 6.64. The van der Waals surface area contributed by atoms with Crippen molar-refractivity contribution in [3.05, 3.63) is 0 Å². The number of nitrogens with zero attached hydrogens (tertiary/aromatic N) is 1. The largest absolute Gasteiger partial charge is 0.328 e. The zero-order valence-electron chi connectivity index (χ0n) is 11.5. The standard InChI is InChI=1S/C12H25N3O2S.ClH/c1-10-4-2-3-9-15(10)18(16,17)14-12-7-5-11(13)6-8-12;/h10-12,14H,2-9,13H2,1H3;1H. The molecule has 114 valence electrons. The van der Waals surface area contributed by atoms with E-state index in [0.29, 0.717) is 6.54 Å². The van der Waals surface area contributed by atoms with Crippen molar-refractivity contribution in [3.63, 3.8) is 0 Å². The Morgan fingerprint density at radius 2 is 1.74 bits per heavy atom. The van der Waals surface area contributed by atoms with Crippen molar-refractivity contribution in [2.45, 2.75) is 70.0 Å². The van der Waals surface area contributed by atoms with Gasteiger partial charge >= 0.3 is 0 Å². The number of nitrogens with two attached hydrogens (primary N) is 1. The highest BCUT2D eigenvalue weighted by Crippen LogP contribution is 2.22. The van der Waals surface area contributed by atoms with Gasteiger partial charge in [-0.1, -0.05) is 6.42 Å². The molecule has 1 saturated heterocycles. The molecule has 0 aromatic carbocycles. The van der Waals surface area contributed by atoms with Crippen molar-refractivity contribution in [2.24, 2.45) is 5.73 Å². The topological polar surface area (TPSA) is 75.4 Å². The van der Waals surface area contributed by atoms with Gasteiger partial charge in [-0.3, -0.25) is 0 Å². The average Bonchev–Trinajstić information content (AvgIpc) is 2.32. The maximum Gasteiger partial charge on any atom is 0.279 e. The van der Waals surface area contributed by atoms with Gasteiger partial charge in [0.2, 0.25) is 0 Å². The van der Waals surface area contributed by atoms with Crippen LogP contribution in [0.25, 0.3) is 0 Å². The summed E-state index contributed by atoms with van der Waals surface area (Å²) in [6.45, 7) is 2.65. The number of halogens is 1. The first-order valence-electron chi connectivity index (χ1n) is 7.04. The van der Waals surface area contributed by atoms with Crippen molar-refractivity contribution < 1.29 is 8.42 Å². The molecule has 0 aromatic heterocycles. The van der Waals surface area contributed by atoms with Gasteiger partial charge in [0.15, 0.2) is 0 Å². The molecule has 3 N–H and O–H groups in total. The van der Waals surface area contributed by atoms with Crippen LogP contribution in [0, 0.1) is 0 Å². The highest BCUT2D eigenvalue weighted by Gasteiger charge is 2.32. The second-order valence-electron chi connectivity index (χ2n) is 5.69. The van der Waals surface area contributed by atoms with Crippen LogP contribution in [0.15, 0.2) is 0 Å². The van der Waals surface area contributed by atoms with E-state index in [0.717, 1.165) is 44.9 Å². The van der Waals surface area contributed by atoms with Crippen LogP contribution in [0.4, 0.5) is 0 Å². The zero-order chi connectivity index (χ0) is 13.2. The quantitative estimate of drug-likeness (QED) is 0.827. The highest BCUT2D eigenvalue weighted by atomic mass is 35.5. The van der Waals surface area contributed by atoms with E-state index >= 15 is 0 Å². The summed E-state index contributed by atoms with van der Waals surface area (Å²) < 4.78 is 29.1. The van der Waals surface area contributed by atoms with Gasteiger partial charge in [-0.05, 0) is 45.4 Å². The maximum absolute atomic E-state index is 12.3. The van der Waals surface area contributed by atoms with Crippen LogP contribution >= 0.6 is 12.4 Å². The monoisotopic (exact) mass is 311 g/mol. The molecule has 19 heavy (non-hydrogen) atoms. The fourth-order valence-electron chi connectivity index (χ4n) is 2.94. The minimum absolute atomic E-state index is 0. The molecule has 2 fully saturated rings. The summed E-state index contributed by atoms with van der Waals surface area (Å²) in [5.41, 5.74) is 5.84. The Morgan fingerprint density at radius 1 is 1.11 bits per heavy atom. The Labute approximate surface area is 122 Å². The molecule has 1 heterocycles. The van der Waals surface area contributed by atoms with E-state index in [-0.39, 0.29) is 30.5 Å². The normalized spacial score (nSPS) is 33.7. The van der Waals surface area contributed by atoms with Crippen LogP contribution in [0.3, 0.4) is 0 Å². The number of hydrogen-bond acceptors (Lipinski definition) is 3. The molecular weight excluding hydrogens is 286 g/mol. The Balaban J connectivity index is 0.00000180. The molecule has 1 aliphatic heterocycles. The third-order valence-corrected chi connectivity index (χ3v) is 5.93. The third kappa shape index (κ3) is 4.56. The summed E-state index contributed by atoms with van der Waals surface area (Å²) >= 11 is 0. The molecule has 5 nitrogen and oxygen atoms in total.